The maximum absolute atomic E-state index is 12.3. The summed E-state index contributed by atoms with van der Waals surface area (Å²) in [6.45, 7) is 6.37. The minimum absolute atomic E-state index is 0.0802. The molecule has 0 aliphatic carbocycles. The molecule has 0 bridgehead atoms. The van der Waals surface area contributed by atoms with E-state index >= 15 is 0 Å². The first-order valence-corrected chi connectivity index (χ1v) is 11.6. The summed E-state index contributed by atoms with van der Waals surface area (Å²) in [5, 5.41) is 9.19. The average molecular weight is 492 g/mol. The molecule has 1 unspecified atom stereocenters. The number of hydrogen-bond acceptors (Lipinski definition) is 5. The van der Waals surface area contributed by atoms with Crippen LogP contribution >= 0.6 is 0 Å². The number of nitrogens with zero attached hydrogens (tertiary/aromatic N) is 1. The van der Waals surface area contributed by atoms with E-state index in [9.17, 15) is 27.9 Å². The number of carbonyl (C=O) groups is 2. The highest BCUT2D eigenvalue weighted by atomic mass is 19.4. The van der Waals surface area contributed by atoms with Crippen LogP contribution in [0.25, 0.3) is 0 Å². The summed E-state index contributed by atoms with van der Waals surface area (Å²) in [6.07, 6.45) is -4.69. The van der Waals surface area contributed by atoms with E-state index < -0.39 is 30.8 Å². The zero-order valence-electron chi connectivity index (χ0n) is 20.1. The number of alkyl halides is 3. The maximum atomic E-state index is 12.3. The highest BCUT2D eigenvalue weighted by Crippen LogP contribution is 2.23. The van der Waals surface area contributed by atoms with Crippen molar-refractivity contribution in [2.45, 2.75) is 77.7 Å². The second-order valence-corrected chi connectivity index (χ2v) is 8.18. The lowest BCUT2D eigenvalue weighted by atomic mass is 10.1. The quantitative estimate of drug-likeness (QED) is 0.309. The number of carbonyl (C=O) groups excluding carboxylic acids is 1. The number of halogens is 3. The third-order valence-corrected chi connectivity index (χ3v) is 4.85. The number of unbranched alkanes of at least 4 members (excludes halogenated alkanes) is 3. The van der Waals surface area contributed by atoms with E-state index in [1.165, 1.54) is 4.90 Å². The Kier molecular flexibility index (Phi) is 13.4. The number of hydrogen-bond donors (Lipinski definition) is 1. The van der Waals surface area contributed by atoms with Gasteiger partial charge in [0, 0.05) is 26.0 Å². The van der Waals surface area contributed by atoms with Gasteiger partial charge in [-0.15, -0.1) is 0 Å². The molecule has 0 aromatic heterocycles. The Labute approximate surface area is 199 Å². The highest BCUT2D eigenvalue weighted by Gasteiger charge is 2.25. The number of amides is 1. The van der Waals surface area contributed by atoms with Gasteiger partial charge in [0.2, 0.25) is 0 Å². The van der Waals surface area contributed by atoms with Crippen molar-refractivity contribution in [3.63, 3.8) is 0 Å². The topological polar surface area (TPSA) is 85.3 Å². The van der Waals surface area contributed by atoms with Crippen molar-refractivity contribution < 1.29 is 42.1 Å². The molecule has 0 aliphatic rings. The van der Waals surface area contributed by atoms with Gasteiger partial charge in [-0.2, -0.15) is 13.2 Å². The van der Waals surface area contributed by atoms with E-state index in [0.717, 1.165) is 5.56 Å². The fraction of sp³-hybridized carbons (Fsp3) is 0.667. The van der Waals surface area contributed by atoms with Crippen LogP contribution < -0.4 is 4.74 Å². The molecule has 0 spiro atoms. The SMILES string of the molecule is CCOC(Cc1ccc(OCCN(CCCCCCC(F)(F)F)C(=O)OC(C)C)cc1)C(=O)O. The lowest BCUT2D eigenvalue weighted by Gasteiger charge is -2.23. The van der Waals surface area contributed by atoms with Gasteiger partial charge >= 0.3 is 18.2 Å². The molecular formula is C24H36F3NO6. The minimum atomic E-state index is -4.14. The van der Waals surface area contributed by atoms with Crippen LogP contribution in [0.4, 0.5) is 18.0 Å². The van der Waals surface area contributed by atoms with Gasteiger partial charge in [-0.3, -0.25) is 0 Å². The standard InChI is InChI=1S/C24H36F3NO6/c1-4-32-21(22(29)30)17-19-9-11-20(12-10-19)33-16-15-28(23(31)34-18(2)3)14-8-6-5-7-13-24(25,26)27/h9-12,18,21H,4-8,13-17H2,1-3H3,(H,29,30). The van der Waals surface area contributed by atoms with Gasteiger partial charge in [0.1, 0.15) is 12.4 Å². The second kappa shape index (κ2) is 15.4. The van der Waals surface area contributed by atoms with E-state index in [0.29, 0.717) is 38.2 Å². The van der Waals surface area contributed by atoms with E-state index in [1.54, 1.807) is 45.0 Å². The molecule has 7 nitrogen and oxygen atoms in total. The van der Waals surface area contributed by atoms with Crippen LogP contribution in [0.15, 0.2) is 24.3 Å². The van der Waals surface area contributed by atoms with Gasteiger partial charge in [-0.25, -0.2) is 9.59 Å². The van der Waals surface area contributed by atoms with Crippen molar-refractivity contribution in [3.05, 3.63) is 29.8 Å². The Morgan fingerprint density at radius 3 is 2.24 bits per heavy atom. The Bertz CT molecular complexity index is 724. The Morgan fingerprint density at radius 2 is 1.68 bits per heavy atom. The largest absolute Gasteiger partial charge is 0.492 e. The highest BCUT2D eigenvalue weighted by molar-refractivity contribution is 5.72. The van der Waals surface area contributed by atoms with Crippen molar-refractivity contribution in [1.82, 2.24) is 4.90 Å². The summed E-state index contributed by atoms with van der Waals surface area (Å²) < 4.78 is 52.9. The van der Waals surface area contributed by atoms with E-state index in [2.05, 4.69) is 0 Å². The minimum Gasteiger partial charge on any atom is -0.492 e. The maximum Gasteiger partial charge on any atom is 0.410 e. The van der Waals surface area contributed by atoms with Gasteiger partial charge < -0.3 is 24.2 Å². The third kappa shape index (κ3) is 13.3. The zero-order valence-corrected chi connectivity index (χ0v) is 20.1. The van der Waals surface area contributed by atoms with Crippen molar-refractivity contribution in [2.24, 2.45) is 0 Å². The molecule has 34 heavy (non-hydrogen) atoms. The summed E-state index contributed by atoms with van der Waals surface area (Å²) in [6, 6.07) is 6.96. The van der Waals surface area contributed by atoms with Gasteiger partial charge in [0.05, 0.1) is 12.6 Å². The smallest absolute Gasteiger partial charge is 0.410 e. The number of rotatable bonds is 16. The van der Waals surface area contributed by atoms with Crippen molar-refractivity contribution in [3.8, 4) is 5.75 Å². The number of carboxylic acids is 1. The lowest BCUT2D eigenvalue weighted by Crippen LogP contribution is -2.37. The monoisotopic (exact) mass is 491 g/mol. The Hall–Kier alpha value is -2.49. The second-order valence-electron chi connectivity index (χ2n) is 8.18. The average Bonchev–Trinajstić information content (AvgIpc) is 2.74. The molecular weight excluding hydrogens is 455 g/mol. The van der Waals surface area contributed by atoms with Gasteiger partial charge in [0.15, 0.2) is 6.10 Å². The van der Waals surface area contributed by atoms with Crippen molar-refractivity contribution >= 4 is 12.1 Å². The van der Waals surface area contributed by atoms with Gasteiger partial charge in [0.25, 0.3) is 0 Å². The summed E-state index contributed by atoms with van der Waals surface area (Å²) >= 11 is 0. The van der Waals surface area contributed by atoms with Crippen LogP contribution in [-0.4, -0.2) is 66.8 Å². The fourth-order valence-corrected chi connectivity index (χ4v) is 3.18. The summed E-state index contributed by atoms with van der Waals surface area (Å²) in [4.78, 5) is 25.1. The predicted molar refractivity (Wildman–Crippen MR) is 121 cm³/mol. The van der Waals surface area contributed by atoms with E-state index in [-0.39, 0.29) is 32.1 Å². The molecule has 1 aromatic carbocycles. The fourth-order valence-electron chi connectivity index (χ4n) is 3.18. The molecule has 1 aromatic rings. The van der Waals surface area contributed by atoms with Crippen LogP contribution in [-0.2, 0) is 20.7 Å². The lowest BCUT2D eigenvalue weighted by molar-refractivity contribution is -0.150. The predicted octanol–water partition coefficient (Wildman–Crippen LogP) is 5.46. The van der Waals surface area contributed by atoms with Gasteiger partial charge in [-0.05, 0) is 51.3 Å². The number of carboxylic acid groups (broad SMARTS) is 1. The normalized spacial score (nSPS) is 12.4. The Morgan fingerprint density at radius 1 is 1.03 bits per heavy atom. The molecule has 10 heteroatoms. The van der Waals surface area contributed by atoms with Crippen LogP contribution in [0, 0.1) is 0 Å². The molecule has 1 N–H and O–H groups in total. The van der Waals surface area contributed by atoms with Crippen LogP contribution in [0.3, 0.4) is 0 Å². The zero-order chi connectivity index (χ0) is 25.6. The first-order chi connectivity index (χ1) is 16.0. The third-order valence-electron chi connectivity index (χ3n) is 4.85. The summed E-state index contributed by atoms with van der Waals surface area (Å²) in [7, 11) is 0. The Balaban J connectivity index is 2.50. The molecule has 0 fully saturated rings. The molecule has 194 valence electrons. The molecule has 0 radical (unpaired) electrons. The molecule has 0 heterocycles. The van der Waals surface area contributed by atoms with Crippen LogP contribution in [0.1, 0.15) is 58.4 Å². The van der Waals surface area contributed by atoms with Gasteiger partial charge in [-0.1, -0.05) is 25.0 Å². The number of ether oxygens (including phenoxy) is 3. The molecule has 0 aliphatic heterocycles. The molecule has 1 amide bonds. The molecule has 0 saturated heterocycles. The van der Waals surface area contributed by atoms with Crippen molar-refractivity contribution in [1.29, 1.82) is 0 Å². The summed E-state index contributed by atoms with van der Waals surface area (Å²) in [5.41, 5.74) is 0.792. The van der Waals surface area contributed by atoms with Crippen LogP contribution in [0.5, 0.6) is 5.75 Å². The van der Waals surface area contributed by atoms with E-state index in [1.807, 2.05) is 0 Å². The first-order valence-electron chi connectivity index (χ1n) is 11.6. The van der Waals surface area contributed by atoms with E-state index in [4.69, 9.17) is 14.2 Å². The van der Waals surface area contributed by atoms with Crippen LogP contribution in [0.2, 0.25) is 0 Å². The van der Waals surface area contributed by atoms with Crippen molar-refractivity contribution in [2.75, 3.05) is 26.3 Å². The molecule has 0 saturated carbocycles. The molecule has 1 rings (SSSR count). The number of aliphatic carboxylic acids is 1. The molecule has 1 atom stereocenters. The summed E-state index contributed by atoms with van der Waals surface area (Å²) in [5.74, 6) is -0.452. The number of benzene rings is 1. The first kappa shape index (κ1) is 29.5.